The van der Waals surface area contributed by atoms with Crippen LogP contribution >= 0.6 is 0 Å². The fraction of sp³-hybridized carbons (Fsp3) is 0.529. The lowest BCUT2D eigenvalue weighted by atomic mass is 9.94. The van der Waals surface area contributed by atoms with Crippen molar-refractivity contribution >= 4 is 11.6 Å². The topological polar surface area (TPSA) is 37.6 Å². The van der Waals surface area contributed by atoms with Gasteiger partial charge in [-0.15, -0.1) is 0 Å². The van der Waals surface area contributed by atoms with Crippen LogP contribution in [0.15, 0.2) is 18.3 Å². The Kier molecular flexibility index (Phi) is 3.70. The second kappa shape index (κ2) is 5.51. The molecule has 0 atom stereocenters. The Labute approximate surface area is 125 Å². The largest absolute Gasteiger partial charge is 0.337 e. The van der Waals surface area contributed by atoms with E-state index in [1.54, 1.807) is 0 Å². The summed E-state index contributed by atoms with van der Waals surface area (Å²) in [7, 11) is 1.94. The molecule has 1 aliphatic carbocycles. The maximum Gasteiger partial charge on any atom is 0.272 e. The molecule has 1 aliphatic rings. The number of carbonyl (C=O) groups excluding carboxylic acids is 1. The molecule has 0 N–H and O–H groups in total. The highest BCUT2D eigenvalue weighted by Gasteiger charge is 2.26. The van der Waals surface area contributed by atoms with Crippen LogP contribution in [0.25, 0.3) is 5.65 Å². The van der Waals surface area contributed by atoms with Crippen LogP contribution in [-0.2, 0) is 0 Å². The molecule has 3 rings (SSSR count). The summed E-state index contributed by atoms with van der Waals surface area (Å²) in [5.41, 5.74) is 3.53. The van der Waals surface area contributed by atoms with Crippen molar-refractivity contribution in [2.45, 2.75) is 52.0 Å². The van der Waals surface area contributed by atoms with Gasteiger partial charge in [-0.25, -0.2) is 4.98 Å². The number of hydrogen-bond acceptors (Lipinski definition) is 2. The molecule has 0 spiro atoms. The monoisotopic (exact) mass is 285 g/mol. The predicted molar refractivity (Wildman–Crippen MR) is 83.6 cm³/mol. The summed E-state index contributed by atoms with van der Waals surface area (Å²) in [4.78, 5) is 19.4. The number of aryl methyl sites for hydroxylation is 2. The van der Waals surface area contributed by atoms with Crippen LogP contribution in [0, 0.1) is 13.8 Å². The molecule has 0 aliphatic heterocycles. The number of nitrogens with zero attached hydrogens (tertiary/aromatic N) is 3. The van der Waals surface area contributed by atoms with Gasteiger partial charge in [0.2, 0.25) is 0 Å². The van der Waals surface area contributed by atoms with E-state index in [1.807, 2.05) is 48.5 Å². The zero-order chi connectivity index (χ0) is 15.0. The van der Waals surface area contributed by atoms with Crippen molar-refractivity contribution < 1.29 is 4.79 Å². The van der Waals surface area contributed by atoms with E-state index in [-0.39, 0.29) is 5.91 Å². The fourth-order valence-electron chi connectivity index (χ4n) is 3.32. The molecule has 1 fully saturated rings. The molecule has 0 radical (unpaired) electrons. The van der Waals surface area contributed by atoms with Gasteiger partial charge in [0.05, 0.1) is 5.69 Å². The normalized spacial score (nSPS) is 16.3. The predicted octanol–water partition coefficient (Wildman–Crippen LogP) is 3.36. The van der Waals surface area contributed by atoms with Gasteiger partial charge in [0.1, 0.15) is 11.3 Å². The molecule has 4 heteroatoms. The van der Waals surface area contributed by atoms with Crippen molar-refractivity contribution in [2.75, 3.05) is 7.05 Å². The summed E-state index contributed by atoms with van der Waals surface area (Å²) in [5, 5.41) is 0. The third kappa shape index (κ3) is 2.55. The van der Waals surface area contributed by atoms with E-state index in [9.17, 15) is 4.79 Å². The smallest absolute Gasteiger partial charge is 0.272 e. The number of fused-ring (bicyclic) bond motifs is 1. The van der Waals surface area contributed by atoms with Crippen LogP contribution in [0.1, 0.15) is 53.8 Å². The zero-order valence-electron chi connectivity index (χ0n) is 13.1. The van der Waals surface area contributed by atoms with Crippen LogP contribution in [0.4, 0.5) is 0 Å². The maximum absolute atomic E-state index is 12.9. The minimum atomic E-state index is 0.0933. The number of rotatable bonds is 2. The zero-order valence-corrected chi connectivity index (χ0v) is 13.1. The van der Waals surface area contributed by atoms with Gasteiger partial charge in [0.15, 0.2) is 0 Å². The van der Waals surface area contributed by atoms with Gasteiger partial charge < -0.3 is 4.90 Å². The molecule has 0 aromatic carbocycles. The molecule has 0 saturated heterocycles. The highest BCUT2D eigenvalue weighted by atomic mass is 16.2. The second-order valence-electron chi connectivity index (χ2n) is 6.19. The Hall–Kier alpha value is -1.84. The molecule has 2 heterocycles. The van der Waals surface area contributed by atoms with Crippen LogP contribution in [0.2, 0.25) is 0 Å². The molecule has 112 valence electrons. The summed E-state index contributed by atoms with van der Waals surface area (Å²) in [6, 6.07) is 4.41. The van der Waals surface area contributed by atoms with Gasteiger partial charge in [-0.05, 0) is 44.4 Å². The Morgan fingerprint density at radius 2 is 2.00 bits per heavy atom. The molecular weight excluding hydrogens is 262 g/mol. The Morgan fingerprint density at radius 3 is 2.71 bits per heavy atom. The fourth-order valence-corrected chi connectivity index (χ4v) is 3.32. The lowest BCUT2D eigenvalue weighted by molar-refractivity contribution is 0.0688. The third-order valence-corrected chi connectivity index (χ3v) is 4.60. The Bertz CT molecular complexity index is 668. The summed E-state index contributed by atoms with van der Waals surface area (Å²) >= 11 is 0. The van der Waals surface area contributed by atoms with Gasteiger partial charge in [-0.1, -0.05) is 19.3 Å². The second-order valence-corrected chi connectivity index (χ2v) is 6.19. The van der Waals surface area contributed by atoms with Crippen LogP contribution in [-0.4, -0.2) is 33.3 Å². The van der Waals surface area contributed by atoms with E-state index in [4.69, 9.17) is 0 Å². The lowest BCUT2D eigenvalue weighted by Gasteiger charge is -2.31. The number of carbonyl (C=O) groups is 1. The summed E-state index contributed by atoms with van der Waals surface area (Å²) < 4.78 is 1.92. The first-order valence-electron chi connectivity index (χ1n) is 7.80. The van der Waals surface area contributed by atoms with Gasteiger partial charge in [-0.2, -0.15) is 0 Å². The van der Waals surface area contributed by atoms with Gasteiger partial charge in [-0.3, -0.25) is 9.20 Å². The van der Waals surface area contributed by atoms with Gasteiger partial charge in [0, 0.05) is 19.3 Å². The minimum Gasteiger partial charge on any atom is -0.337 e. The number of aromatic nitrogens is 2. The van der Waals surface area contributed by atoms with Crippen LogP contribution in [0.5, 0.6) is 0 Å². The van der Waals surface area contributed by atoms with E-state index < -0.39 is 0 Å². The number of amides is 1. The molecule has 1 amide bonds. The standard InChI is InChI=1S/C17H23N3O/c1-12-9-10-20-15(11-12)18-13(2)16(20)17(21)19(3)14-7-5-4-6-8-14/h9-11,14H,4-8H2,1-3H3. The maximum atomic E-state index is 12.9. The van der Waals surface area contributed by atoms with Crippen LogP contribution in [0.3, 0.4) is 0 Å². The third-order valence-electron chi connectivity index (χ3n) is 4.60. The highest BCUT2D eigenvalue weighted by Crippen LogP contribution is 2.24. The minimum absolute atomic E-state index is 0.0933. The first kappa shape index (κ1) is 14.1. The highest BCUT2D eigenvalue weighted by molar-refractivity contribution is 5.94. The van der Waals surface area contributed by atoms with Crippen molar-refractivity contribution in [3.63, 3.8) is 0 Å². The summed E-state index contributed by atoms with van der Waals surface area (Å²) in [6.45, 7) is 3.96. The number of imidazole rings is 1. The Morgan fingerprint density at radius 1 is 1.29 bits per heavy atom. The van der Waals surface area contributed by atoms with E-state index >= 15 is 0 Å². The summed E-state index contributed by atoms with van der Waals surface area (Å²) in [6.07, 6.45) is 7.95. The molecule has 4 nitrogen and oxygen atoms in total. The summed E-state index contributed by atoms with van der Waals surface area (Å²) in [5.74, 6) is 0.0933. The van der Waals surface area contributed by atoms with Crippen molar-refractivity contribution in [2.24, 2.45) is 0 Å². The quantitative estimate of drug-likeness (QED) is 0.848. The first-order chi connectivity index (χ1) is 10.1. The molecule has 0 unspecified atom stereocenters. The van der Waals surface area contributed by atoms with Crippen molar-refractivity contribution in [3.05, 3.63) is 35.3 Å². The van der Waals surface area contributed by atoms with E-state index in [0.717, 1.165) is 29.7 Å². The molecule has 2 aromatic rings. The van der Waals surface area contributed by atoms with E-state index in [1.165, 1.54) is 19.3 Å². The van der Waals surface area contributed by atoms with Crippen molar-refractivity contribution in [3.8, 4) is 0 Å². The number of pyridine rings is 1. The van der Waals surface area contributed by atoms with E-state index in [2.05, 4.69) is 4.98 Å². The van der Waals surface area contributed by atoms with Gasteiger partial charge in [0.25, 0.3) is 5.91 Å². The van der Waals surface area contributed by atoms with Crippen molar-refractivity contribution in [1.29, 1.82) is 0 Å². The molecule has 1 saturated carbocycles. The van der Waals surface area contributed by atoms with E-state index in [0.29, 0.717) is 11.7 Å². The molecular formula is C17H23N3O. The molecule has 21 heavy (non-hydrogen) atoms. The molecule has 0 bridgehead atoms. The van der Waals surface area contributed by atoms with Gasteiger partial charge >= 0.3 is 0 Å². The van der Waals surface area contributed by atoms with Crippen LogP contribution < -0.4 is 0 Å². The lowest BCUT2D eigenvalue weighted by Crippen LogP contribution is -2.39. The average molecular weight is 285 g/mol. The first-order valence-corrected chi connectivity index (χ1v) is 7.80. The SMILES string of the molecule is Cc1ccn2c(C(=O)N(C)C3CCCCC3)c(C)nc2c1. The Balaban J connectivity index is 1.95. The van der Waals surface area contributed by atoms with Crippen molar-refractivity contribution in [1.82, 2.24) is 14.3 Å². The molecule has 2 aromatic heterocycles. The number of hydrogen-bond donors (Lipinski definition) is 0. The average Bonchev–Trinajstić information content (AvgIpc) is 2.81.